The van der Waals surface area contributed by atoms with E-state index in [0.717, 1.165) is 76.0 Å². The van der Waals surface area contributed by atoms with Gasteiger partial charge in [0.2, 0.25) is 21.8 Å². The number of piperidine rings is 1. The second-order valence-corrected chi connectivity index (χ2v) is 16.2. The van der Waals surface area contributed by atoms with Gasteiger partial charge in [0.15, 0.2) is 5.96 Å². The summed E-state index contributed by atoms with van der Waals surface area (Å²) in [5.74, 6) is -1.46. The maximum Gasteiger partial charge on any atom is 0.306 e. The number of amides is 3. The average Bonchev–Trinajstić information content (AvgIpc) is 3.61. The van der Waals surface area contributed by atoms with E-state index in [1.54, 1.807) is 0 Å². The molecule has 14 heteroatoms. The van der Waals surface area contributed by atoms with Crippen LogP contribution in [-0.4, -0.2) is 99.0 Å². The van der Waals surface area contributed by atoms with E-state index in [9.17, 15) is 27.6 Å². The summed E-state index contributed by atoms with van der Waals surface area (Å²) in [5, 5.41) is 3.03. The molecule has 3 fully saturated rings. The Morgan fingerprint density at radius 2 is 1.67 bits per heavy atom. The molecule has 0 bridgehead atoms. The lowest BCUT2D eigenvalue weighted by Crippen LogP contribution is -2.54. The van der Waals surface area contributed by atoms with Crippen LogP contribution in [0, 0.1) is 17.8 Å². The molecule has 2 aliphatic heterocycles. The fourth-order valence-corrected chi connectivity index (χ4v) is 8.26. The second kappa shape index (κ2) is 19.9. The summed E-state index contributed by atoms with van der Waals surface area (Å²) < 4.78 is 32.2. The summed E-state index contributed by atoms with van der Waals surface area (Å²) in [6.45, 7) is 4.41. The summed E-state index contributed by atoms with van der Waals surface area (Å²) >= 11 is 0. The number of rotatable bonds is 16. The van der Waals surface area contributed by atoms with Gasteiger partial charge in [0.05, 0.1) is 25.2 Å². The highest BCUT2D eigenvalue weighted by molar-refractivity contribution is 7.88. The summed E-state index contributed by atoms with van der Waals surface area (Å²) in [7, 11) is -3.67. The van der Waals surface area contributed by atoms with Gasteiger partial charge in [-0.3, -0.25) is 19.2 Å². The number of aliphatic imine (C=N–C) groups is 1. The molecule has 1 unspecified atom stereocenters. The number of nitrogens with one attached hydrogen (secondary N) is 2. The third kappa shape index (κ3) is 12.9. The van der Waals surface area contributed by atoms with Gasteiger partial charge in [-0.1, -0.05) is 69.4 Å². The molecule has 0 aromatic heterocycles. The molecule has 1 aromatic rings. The van der Waals surface area contributed by atoms with E-state index in [1.807, 2.05) is 35.2 Å². The number of guanidine groups is 1. The van der Waals surface area contributed by atoms with Crippen LogP contribution in [0.5, 0.6) is 0 Å². The van der Waals surface area contributed by atoms with Crippen molar-refractivity contribution in [2.24, 2.45) is 28.5 Å². The molecule has 4 rings (SSSR count). The van der Waals surface area contributed by atoms with Gasteiger partial charge in [0, 0.05) is 26.2 Å². The largest absolute Gasteiger partial charge is 0.466 e. The van der Waals surface area contributed by atoms with Gasteiger partial charge in [-0.05, 0) is 68.8 Å². The molecule has 0 spiro atoms. The van der Waals surface area contributed by atoms with Crippen LogP contribution in [-0.2, 0) is 40.4 Å². The number of esters is 1. The van der Waals surface area contributed by atoms with E-state index in [0.29, 0.717) is 45.6 Å². The molecule has 51 heavy (non-hydrogen) atoms. The Bertz CT molecular complexity index is 1440. The maximum absolute atomic E-state index is 13.6. The number of unbranched alkanes of at least 4 members (excludes halogenated alkanes) is 2. The van der Waals surface area contributed by atoms with Crippen LogP contribution >= 0.6 is 0 Å². The Hall–Kier alpha value is -3.52. The molecule has 2 saturated heterocycles. The molecule has 284 valence electrons. The number of likely N-dealkylation sites (tertiary alicyclic amines) is 2. The normalized spacial score (nSPS) is 20.5. The van der Waals surface area contributed by atoms with Crippen LogP contribution in [0.25, 0.3) is 0 Å². The Balaban J connectivity index is 1.28. The standard InChI is InChI=1S/C37H58N6O7S/c1-3-4-11-23-50-33(44)25-30(29-15-9-6-10-16-29)34(45)40-37(38)42-21-18-28(19-22-42)26-39-35(46)32-17-12-20-43(32)36(47)31(41-51(2,48)49)24-27-13-7-5-8-14-27/h5,7-8,13-14,28-32,41H,3-4,6,9-12,15-26H2,1-2H3,(H,39,46)(H2,38,40,45)/t30?,31-,32+/m1/s1. The molecule has 1 aromatic carbocycles. The van der Waals surface area contributed by atoms with Gasteiger partial charge < -0.3 is 25.6 Å². The fourth-order valence-electron chi connectivity index (χ4n) is 7.55. The highest BCUT2D eigenvalue weighted by Gasteiger charge is 2.38. The molecule has 4 N–H and O–H groups in total. The van der Waals surface area contributed by atoms with Crippen molar-refractivity contribution in [2.45, 2.75) is 109 Å². The number of nitrogens with zero attached hydrogens (tertiary/aromatic N) is 3. The number of carbonyl (C=O) groups is 4. The number of benzene rings is 1. The number of hydrogen-bond acceptors (Lipinski definition) is 7. The van der Waals surface area contributed by atoms with Crippen LogP contribution in [0.4, 0.5) is 0 Å². The van der Waals surface area contributed by atoms with E-state index in [4.69, 9.17) is 10.5 Å². The summed E-state index contributed by atoms with van der Waals surface area (Å²) in [6.07, 6.45) is 11.7. The molecule has 13 nitrogen and oxygen atoms in total. The van der Waals surface area contributed by atoms with Crippen LogP contribution < -0.4 is 15.8 Å². The first-order chi connectivity index (χ1) is 24.4. The first-order valence-electron chi connectivity index (χ1n) is 18.8. The zero-order valence-electron chi connectivity index (χ0n) is 30.4. The Labute approximate surface area is 303 Å². The third-order valence-electron chi connectivity index (χ3n) is 10.4. The van der Waals surface area contributed by atoms with Crippen LogP contribution in [0.2, 0.25) is 0 Å². The highest BCUT2D eigenvalue weighted by Crippen LogP contribution is 2.33. The van der Waals surface area contributed by atoms with Crippen molar-refractivity contribution in [3.63, 3.8) is 0 Å². The molecule has 2 heterocycles. The molecular formula is C37H58N6O7S. The lowest BCUT2D eigenvalue weighted by atomic mass is 9.78. The molecule has 3 amide bonds. The zero-order valence-corrected chi connectivity index (χ0v) is 31.2. The van der Waals surface area contributed by atoms with Crippen LogP contribution in [0.15, 0.2) is 35.3 Å². The summed E-state index contributed by atoms with van der Waals surface area (Å²) in [4.78, 5) is 60.7. The second-order valence-electron chi connectivity index (χ2n) is 14.4. The monoisotopic (exact) mass is 730 g/mol. The molecule has 3 aliphatic rings. The zero-order chi connectivity index (χ0) is 36.8. The van der Waals surface area contributed by atoms with Gasteiger partial charge in [0.1, 0.15) is 12.1 Å². The number of sulfonamides is 1. The predicted molar refractivity (Wildman–Crippen MR) is 196 cm³/mol. The SMILES string of the molecule is CCCCCOC(=O)CC(C(=O)/N=C(/N)N1CCC(CNC(=O)[C@@H]2CCCN2C(=O)[C@@H](Cc2ccccc2)NS(C)(=O)=O)CC1)C1CCCCC1. The minimum absolute atomic E-state index is 0.0279. The molecular weight excluding hydrogens is 673 g/mol. The molecule has 0 radical (unpaired) electrons. The van der Waals surface area contributed by atoms with Crippen molar-refractivity contribution in [2.75, 3.05) is 39.0 Å². The summed E-state index contributed by atoms with van der Waals surface area (Å²) in [5.41, 5.74) is 7.17. The average molecular weight is 731 g/mol. The van der Waals surface area contributed by atoms with Crippen LogP contribution in [0.3, 0.4) is 0 Å². The molecule has 1 aliphatic carbocycles. The van der Waals surface area contributed by atoms with E-state index < -0.39 is 33.9 Å². The number of ether oxygens (including phenoxy) is 1. The van der Waals surface area contributed by atoms with Gasteiger partial charge >= 0.3 is 5.97 Å². The Morgan fingerprint density at radius 1 is 0.961 bits per heavy atom. The van der Waals surface area contributed by atoms with E-state index >= 15 is 0 Å². The summed E-state index contributed by atoms with van der Waals surface area (Å²) in [6, 6.07) is 7.51. The first-order valence-corrected chi connectivity index (χ1v) is 20.7. The lowest BCUT2D eigenvalue weighted by molar-refractivity contribution is -0.147. The van der Waals surface area contributed by atoms with Gasteiger partial charge in [-0.15, -0.1) is 0 Å². The first kappa shape index (κ1) is 40.3. The number of nitrogens with two attached hydrogens (primary N) is 1. The third-order valence-corrected chi connectivity index (χ3v) is 11.2. The van der Waals surface area contributed by atoms with E-state index in [-0.39, 0.29) is 48.4 Å². The number of carbonyl (C=O) groups excluding carboxylic acids is 4. The van der Waals surface area contributed by atoms with Crippen molar-refractivity contribution in [1.82, 2.24) is 19.8 Å². The van der Waals surface area contributed by atoms with Crippen molar-refractivity contribution in [3.8, 4) is 0 Å². The van der Waals surface area contributed by atoms with Crippen molar-refractivity contribution < 1.29 is 32.3 Å². The maximum atomic E-state index is 13.6. The smallest absolute Gasteiger partial charge is 0.306 e. The minimum Gasteiger partial charge on any atom is -0.466 e. The molecule has 3 atom stereocenters. The number of hydrogen-bond donors (Lipinski definition) is 3. The molecule has 1 saturated carbocycles. The van der Waals surface area contributed by atoms with Crippen LogP contribution in [0.1, 0.15) is 96.0 Å². The van der Waals surface area contributed by atoms with Crippen molar-refractivity contribution in [1.29, 1.82) is 0 Å². The highest BCUT2D eigenvalue weighted by atomic mass is 32.2. The van der Waals surface area contributed by atoms with Crippen molar-refractivity contribution >= 4 is 39.7 Å². The van der Waals surface area contributed by atoms with Gasteiger partial charge in [-0.2, -0.15) is 4.99 Å². The predicted octanol–water partition coefficient (Wildman–Crippen LogP) is 3.13. The topological polar surface area (TPSA) is 181 Å². The van der Waals surface area contributed by atoms with E-state index in [2.05, 4.69) is 22.0 Å². The minimum atomic E-state index is -3.67. The van der Waals surface area contributed by atoms with Crippen molar-refractivity contribution in [3.05, 3.63) is 35.9 Å². The Morgan fingerprint density at radius 3 is 2.33 bits per heavy atom. The Kier molecular flexibility index (Phi) is 15.7. The quantitative estimate of drug-likeness (QED) is 0.0997. The van der Waals surface area contributed by atoms with E-state index in [1.165, 1.54) is 4.90 Å². The van der Waals surface area contributed by atoms with Gasteiger partial charge in [0.25, 0.3) is 5.91 Å². The lowest BCUT2D eigenvalue weighted by Gasteiger charge is -2.33. The van der Waals surface area contributed by atoms with Gasteiger partial charge in [-0.25, -0.2) is 13.1 Å². The fraction of sp³-hybridized carbons (Fsp3) is 0.703.